The van der Waals surface area contributed by atoms with Crippen LogP contribution in [0.5, 0.6) is 0 Å². The number of hydrogen-bond donors (Lipinski definition) is 2. The van der Waals surface area contributed by atoms with E-state index < -0.39 is 5.91 Å². The van der Waals surface area contributed by atoms with Crippen molar-refractivity contribution in [1.29, 1.82) is 0 Å². The molecule has 2 amide bonds. The molecule has 0 aliphatic carbocycles. The highest BCUT2D eigenvalue weighted by Crippen LogP contribution is 2.26. The third kappa shape index (κ3) is 3.51. The number of carbonyl (C=O) groups is 2. The van der Waals surface area contributed by atoms with Crippen LogP contribution >= 0.6 is 11.6 Å². The highest BCUT2D eigenvalue weighted by Gasteiger charge is 2.15. The summed E-state index contributed by atoms with van der Waals surface area (Å²) in [6.07, 6.45) is 1.69. The number of hydrogen-bond acceptors (Lipinski definition) is 3. The van der Waals surface area contributed by atoms with Crippen molar-refractivity contribution in [1.82, 2.24) is 0 Å². The summed E-state index contributed by atoms with van der Waals surface area (Å²) in [5.74, 6) is -0.919. The number of carbonyl (C=O) groups excluding carboxylic acids is 2. The summed E-state index contributed by atoms with van der Waals surface area (Å²) in [6.45, 7) is 4.02. The lowest BCUT2D eigenvalue weighted by Gasteiger charge is -2.09. The number of aryl methyl sites for hydroxylation is 2. The van der Waals surface area contributed by atoms with E-state index in [2.05, 4.69) is 5.32 Å². The zero-order valence-electron chi connectivity index (χ0n) is 13.9. The molecule has 3 N–H and O–H groups in total. The fraction of sp³-hybridized carbons (Fsp3) is 0.158. The van der Waals surface area contributed by atoms with Crippen LogP contribution in [0.2, 0.25) is 5.02 Å². The number of primary amides is 1. The van der Waals surface area contributed by atoms with Crippen molar-refractivity contribution >= 4 is 40.1 Å². The van der Waals surface area contributed by atoms with E-state index in [9.17, 15) is 9.59 Å². The normalized spacial score (nSPS) is 10.8. The molecular formula is C19H17ClN2O3. The van der Waals surface area contributed by atoms with E-state index in [4.69, 9.17) is 21.8 Å². The van der Waals surface area contributed by atoms with Gasteiger partial charge in [0.05, 0.1) is 23.9 Å². The Morgan fingerprint density at radius 2 is 1.88 bits per heavy atom. The first-order valence-corrected chi connectivity index (χ1v) is 8.09. The predicted octanol–water partition coefficient (Wildman–Crippen LogP) is 3.98. The van der Waals surface area contributed by atoms with Gasteiger partial charge in [0, 0.05) is 16.0 Å². The van der Waals surface area contributed by atoms with Gasteiger partial charge in [0.2, 0.25) is 5.91 Å². The lowest BCUT2D eigenvalue weighted by molar-refractivity contribution is -0.115. The Morgan fingerprint density at radius 3 is 2.60 bits per heavy atom. The Morgan fingerprint density at radius 1 is 1.16 bits per heavy atom. The van der Waals surface area contributed by atoms with Crippen LogP contribution in [0.15, 0.2) is 41.0 Å². The van der Waals surface area contributed by atoms with E-state index in [0.717, 1.165) is 27.7 Å². The third-order valence-corrected chi connectivity index (χ3v) is 4.38. The minimum absolute atomic E-state index is 0.111. The van der Waals surface area contributed by atoms with Crippen LogP contribution in [0.25, 0.3) is 11.0 Å². The first-order chi connectivity index (χ1) is 11.8. The quantitative estimate of drug-likeness (QED) is 0.741. The fourth-order valence-corrected chi connectivity index (χ4v) is 2.85. The second kappa shape index (κ2) is 6.61. The molecule has 1 aromatic heterocycles. The second-order valence-electron chi connectivity index (χ2n) is 5.97. The molecule has 0 saturated carbocycles. The van der Waals surface area contributed by atoms with Gasteiger partial charge in [-0.15, -0.1) is 0 Å². The molecule has 25 heavy (non-hydrogen) atoms. The maximum atomic E-state index is 12.4. The van der Waals surface area contributed by atoms with E-state index in [1.807, 2.05) is 26.0 Å². The van der Waals surface area contributed by atoms with Crippen LogP contribution in [-0.2, 0) is 11.2 Å². The van der Waals surface area contributed by atoms with Gasteiger partial charge in [-0.25, -0.2) is 0 Å². The van der Waals surface area contributed by atoms with Crippen LogP contribution in [0, 0.1) is 13.8 Å². The molecule has 0 saturated heterocycles. The van der Waals surface area contributed by atoms with Gasteiger partial charge in [0.25, 0.3) is 5.91 Å². The van der Waals surface area contributed by atoms with Crippen LogP contribution in [0.3, 0.4) is 0 Å². The minimum Gasteiger partial charge on any atom is -0.464 e. The summed E-state index contributed by atoms with van der Waals surface area (Å²) in [7, 11) is 0. The Balaban J connectivity index is 1.86. The van der Waals surface area contributed by atoms with Gasteiger partial charge in [-0.2, -0.15) is 0 Å². The monoisotopic (exact) mass is 356 g/mol. The van der Waals surface area contributed by atoms with Gasteiger partial charge < -0.3 is 15.5 Å². The van der Waals surface area contributed by atoms with Crippen LogP contribution < -0.4 is 11.1 Å². The topological polar surface area (TPSA) is 85.3 Å². The summed E-state index contributed by atoms with van der Waals surface area (Å²) in [4.78, 5) is 23.9. The highest BCUT2D eigenvalue weighted by molar-refractivity contribution is 6.31. The van der Waals surface area contributed by atoms with Gasteiger partial charge in [-0.05, 0) is 55.3 Å². The lowest BCUT2D eigenvalue weighted by Crippen LogP contribution is -2.19. The van der Waals surface area contributed by atoms with E-state index >= 15 is 0 Å². The minimum atomic E-state index is -0.633. The molecule has 2 aromatic carbocycles. The van der Waals surface area contributed by atoms with E-state index in [0.29, 0.717) is 10.7 Å². The number of furan rings is 1. The maximum Gasteiger partial charge on any atom is 0.250 e. The number of amides is 2. The van der Waals surface area contributed by atoms with Crippen molar-refractivity contribution in [2.45, 2.75) is 20.3 Å². The van der Waals surface area contributed by atoms with Gasteiger partial charge in [0.15, 0.2) is 0 Å². The first kappa shape index (κ1) is 17.0. The SMILES string of the molecule is Cc1cc2occ(CC(=O)Nc3cc(Cl)ccc3C(N)=O)c2cc1C. The Hall–Kier alpha value is -2.79. The van der Waals surface area contributed by atoms with Crippen molar-refractivity contribution in [2.24, 2.45) is 5.73 Å². The predicted molar refractivity (Wildman–Crippen MR) is 98.0 cm³/mol. The van der Waals surface area contributed by atoms with Gasteiger partial charge in [0.1, 0.15) is 5.58 Å². The number of nitrogens with one attached hydrogen (secondary N) is 1. The van der Waals surface area contributed by atoms with Gasteiger partial charge >= 0.3 is 0 Å². The summed E-state index contributed by atoms with van der Waals surface area (Å²) in [5, 5.41) is 4.00. The molecule has 5 nitrogen and oxygen atoms in total. The van der Waals surface area contributed by atoms with Crippen molar-refractivity contribution < 1.29 is 14.0 Å². The number of rotatable bonds is 4. The molecule has 0 bridgehead atoms. The summed E-state index contributed by atoms with van der Waals surface area (Å²) >= 11 is 5.94. The molecule has 1 heterocycles. The summed E-state index contributed by atoms with van der Waals surface area (Å²) < 4.78 is 5.54. The number of benzene rings is 2. The van der Waals surface area contributed by atoms with E-state index in [1.165, 1.54) is 12.1 Å². The van der Waals surface area contributed by atoms with Crippen molar-refractivity contribution in [3.63, 3.8) is 0 Å². The number of nitrogens with two attached hydrogens (primary N) is 1. The molecule has 3 rings (SSSR count). The molecule has 0 fully saturated rings. The lowest BCUT2D eigenvalue weighted by atomic mass is 10.0. The Labute approximate surface area is 149 Å². The molecule has 0 aliphatic rings. The summed E-state index contributed by atoms with van der Waals surface area (Å²) in [5.41, 5.74) is 9.61. The molecular weight excluding hydrogens is 340 g/mol. The van der Waals surface area contributed by atoms with Crippen LogP contribution in [0.4, 0.5) is 5.69 Å². The largest absolute Gasteiger partial charge is 0.464 e. The molecule has 0 atom stereocenters. The fourth-order valence-electron chi connectivity index (χ4n) is 2.68. The Bertz CT molecular complexity index is 992. The standard InChI is InChI=1S/C19H17ClN2O3/c1-10-5-15-12(9-25-17(15)6-11(10)2)7-18(23)22-16-8-13(20)3-4-14(16)19(21)24/h3-6,8-9H,7H2,1-2H3,(H2,21,24)(H,22,23). The molecule has 0 radical (unpaired) electrons. The van der Waals surface area contributed by atoms with Crippen molar-refractivity contribution in [3.05, 3.63) is 63.9 Å². The number of anilines is 1. The van der Waals surface area contributed by atoms with Gasteiger partial charge in [-0.3, -0.25) is 9.59 Å². The average molecular weight is 357 g/mol. The first-order valence-electron chi connectivity index (χ1n) is 7.71. The molecule has 6 heteroatoms. The third-order valence-electron chi connectivity index (χ3n) is 4.14. The number of halogens is 1. The second-order valence-corrected chi connectivity index (χ2v) is 6.41. The van der Waals surface area contributed by atoms with Crippen molar-refractivity contribution in [2.75, 3.05) is 5.32 Å². The van der Waals surface area contributed by atoms with E-state index in [1.54, 1.807) is 12.3 Å². The van der Waals surface area contributed by atoms with Crippen LogP contribution in [0.1, 0.15) is 27.0 Å². The average Bonchev–Trinajstić information content (AvgIpc) is 2.89. The molecule has 0 aliphatic heterocycles. The highest BCUT2D eigenvalue weighted by atomic mass is 35.5. The smallest absolute Gasteiger partial charge is 0.250 e. The summed E-state index contributed by atoms with van der Waals surface area (Å²) in [6, 6.07) is 8.49. The van der Waals surface area contributed by atoms with Gasteiger partial charge in [-0.1, -0.05) is 11.6 Å². The zero-order valence-corrected chi connectivity index (χ0v) is 14.6. The number of fused-ring (bicyclic) bond motifs is 1. The Kier molecular flexibility index (Phi) is 4.51. The molecule has 0 spiro atoms. The molecule has 128 valence electrons. The van der Waals surface area contributed by atoms with E-state index in [-0.39, 0.29) is 17.9 Å². The molecule has 0 unspecified atom stereocenters. The molecule has 3 aromatic rings. The zero-order chi connectivity index (χ0) is 18.1. The van der Waals surface area contributed by atoms with Crippen LogP contribution in [-0.4, -0.2) is 11.8 Å². The van der Waals surface area contributed by atoms with Crippen molar-refractivity contribution in [3.8, 4) is 0 Å². The maximum absolute atomic E-state index is 12.4.